The number of fused-ring (bicyclic) bond motifs is 1. The smallest absolute Gasteiger partial charge is 0.407 e. The van der Waals surface area contributed by atoms with Crippen molar-refractivity contribution in [2.24, 2.45) is 5.41 Å². The number of amides is 1. The van der Waals surface area contributed by atoms with Crippen LogP contribution >= 0.6 is 0 Å². The lowest BCUT2D eigenvalue weighted by Gasteiger charge is -2.43. The minimum Gasteiger partial charge on any atom is -0.598 e. The van der Waals surface area contributed by atoms with E-state index in [1.165, 1.54) is 10.5 Å². The highest BCUT2D eigenvalue weighted by Crippen LogP contribution is 2.52. The van der Waals surface area contributed by atoms with Crippen LogP contribution in [0.1, 0.15) is 75.7 Å². The minimum atomic E-state index is -1.24. The predicted molar refractivity (Wildman–Crippen MR) is 121 cm³/mol. The first-order valence-electron chi connectivity index (χ1n) is 11.5. The summed E-state index contributed by atoms with van der Waals surface area (Å²) < 4.78 is 27.6. The van der Waals surface area contributed by atoms with Crippen LogP contribution < -0.4 is 4.72 Å². The van der Waals surface area contributed by atoms with Crippen LogP contribution in [0.5, 0.6) is 0 Å². The van der Waals surface area contributed by atoms with Crippen LogP contribution in [0.15, 0.2) is 12.3 Å². The van der Waals surface area contributed by atoms with E-state index in [0.29, 0.717) is 19.7 Å². The fraction of sp³-hybridized carbons (Fsp3) is 0.739. The third-order valence-electron chi connectivity index (χ3n) is 6.91. The molecule has 1 aromatic heterocycles. The predicted octanol–water partition coefficient (Wildman–Crippen LogP) is 3.53. The summed E-state index contributed by atoms with van der Waals surface area (Å²) in [7, 11) is 0. The maximum absolute atomic E-state index is 13.0. The van der Waals surface area contributed by atoms with Gasteiger partial charge >= 0.3 is 6.09 Å². The van der Waals surface area contributed by atoms with Crippen LogP contribution in [0.4, 0.5) is 4.79 Å². The topological polar surface area (TPSA) is 107 Å². The summed E-state index contributed by atoms with van der Waals surface area (Å²) in [5.74, 6) is 0. The summed E-state index contributed by atoms with van der Waals surface area (Å²) >= 11 is -1.24. The summed E-state index contributed by atoms with van der Waals surface area (Å²) in [6, 6.07) is 1.99. The van der Waals surface area contributed by atoms with E-state index in [4.69, 9.17) is 9.47 Å². The first-order chi connectivity index (χ1) is 15.2. The number of aromatic nitrogens is 1. The van der Waals surface area contributed by atoms with Crippen molar-refractivity contribution in [2.45, 2.75) is 83.0 Å². The van der Waals surface area contributed by atoms with Crippen LogP contribution in [0, 0.1) is 5.41 Å². The van der Waals surface area contributed by atoms with Crippen molar-refractivity contribution < 1.29 is 23.9 Å². The molecule has 0 aromatic carbocycles. The Kier molecular flexibility index (Phi) is 7.03. The van der Waals surface area contributed by atoms with Gasteiger partial charge in [0.1, 0.15) is 4.75 Å². The number of likely N-dealkylation sites (tertiary alicyclic amines) is 1. The second-order valence-electron chi connectivity index (χ2n) is 10.2. The lowest BCUT2D eigenvalue weighted by Crippen LogP contribution is -2.50. The van der Waals surface area contributed by atoms with Gasteiger partial charge in [-0.05, 0) is 76.5 Å². The van der Waals surface area contributed by atoms with Crippen molar-refractivity contribution in [1.29, 1.82) is 0 Å². The molecule has 2 fully saturated rings. The number of ether oxygens (including phenoxy) is 2. The van der Waals surface area contributed by atoms with Gasteiger partial charge in [0.05, 0.1) is 18.3 Å². The maximum atomic E-state index is 13.0. The lowest BCUT2D eigenvalue weighted by atomic mass is 9.73. The molecule has 4 rings (SSSR count). The molecule has 32 heavy (non-hydrogen) atoms. The van der Waals surface area contributed by atoms with E-state index >= 15 is 0 Å². The average Bonchev–Trinajstić information content (AvgIpc) is 3.04. The molecule has 2 unspecified atom stereocenters. The van der Waals surface area contributed by atoms with Crippen LogP contribution in [0.25, 0.3) is 0 Å². The van der Waals surface area contributed by atoms with Gasteiger partial charge in [-0.3, -0.25) is 4.98 Å². The van der Waals surface area contributed by atoms with Gasteiger partial charge in [0.2, 0.25) is 0 Å². The zero-order chi connectivity index (χ0) is 22.9. The number of carbonyl (C=O) groups is 1. The third-order valence-corrected chi connectivity index (χ3v) is 8.47. The molecule has 0 bridgehead atoms. The Balaban J connectivity index is 1.53. The van der Waals surface area contributed by atoms with Gasteiger partial charge in [0.15, 0.2) is 6.29 Å². The quantitative estimate of drug-likeness (QED) is 0.641. The Morgan fingerprint density at radius 1 is 1.41 bits per heavy atom. The molecule has 0 radical (unpaired) electrons. The molecule has 1 aliphatic carbocycles. The molecule has 3 heterocycles. The Morgan fingerprint density at radius 2 is 2.16 bits per heavy atom. The summed E-state index contributed by atoms with van der Waals surface area (Å²) in [6.45, 7) is 8.01. The Morgan fingerprint density at radius 3 is 2.78 bits per heavy atom. The molecule has 0 saturated carbocycles. The monoisotopic (exact) mass is 465 g/mol. The number of rotatable bonds is 5. The minimum absolute atomic E-state index is 0.113. The summed E-state index contributed by atoms with van der Waals surface area (Å²) in [6.07, 6.45) is 6.27. The second kappa shape index (κ2) is 9.46. The van der Waals surface area contributed by atoms with Crippen molar-refractivity contribution in [2.75, 3.05) is 19.7 Å². The van der Waals surface area contributed by atoms with E-state index < -0.39 is 22.2 Å². The molecular weight excluding hydrogens is 430 g/mol. The number of nitrogens with zero attached hydrogens (tertiary/aromatic N) is 2. The fourth-order valence-electron chi connectivity index (χ4n) is 4.96. The van der Waals surface area contributed by atoms with E-state index in [-0.39, 0.29) is 17.7 Å². The zero-order valence-corrected chi connectivity index (χ0v) is 20.1. The van der Waals surface area contributed by atoms with Crippen molar-refractivity contribution >= 4 is 17.5 Å². The second-order valence-corrected chi connectivity index (χ2v) is 12.2. The van der Waals surface area contributed by atoms with E-state index in [2.05, 4.69) is 15.8 Å². The van der Waals surface area contributed by atoms with Crippen molar-refractivity contribution in [3.05, 3.63) is 29.1 Å². The van der Waals surface area contributed by atoms with Crippen LogP contribution in [0.2, 0.25) is 0 Å². The summed E-state index contributed by atoms with van der Waals surface area (Å²) in [4.78, 5) is 17.6. The maximum Gasteiger partial charge on any atom is 0.407 e. The van der Waals surface area contributed by atoms with Gasteiger partial charge in [-0.1, -0.05) is 0 Å². The molecule has 3 atom stereocenters. The number of hydrogen-bond acceptors (Lipinski definition) is 6. The van der Waals surface area contributed by atoms with Crippen molar-refractivity contribution in [3.8, 4) is 0 Å². The first kappa shape index (κ1) is 23.8. The van der Waals surface area contributed by atoms with Gasteiger partial charge in [0.25, 0.3) is 0 Å². The van der Waals surface area contributed by atoms with Gasteiger partial charge in [-0.15, -0.1) is 4.72 Å². The van der Waals surface area contributed by atoms with Gasteiger partial charge in [0, 0.05) is 42.7 Å². The molecule has 1 amide bonds. The highest BCUT2D eigenvalue weighted by Gasteiger charge is 2.51. The van der Waals surface area contributed by atoms with Crippen LogP contribution in [-0.4, -0.2) is 56.4 Å². The van der Waals surface area contributed by atoms with Gasteiger partial charge in [-0.2, -0.15) is 0 Å². The highest BCUT2D eigenvalue weighted by molar-refractivity contribution is 7.90. The Labute approximate surface area is 193 Å². The molecule has 2 N–H and O–H groups in total. The normalized spacial score (nSPS) is 26.2. The molecule has 9 heteroatoms. The summed E-state index contributed by atoms with van der Waals surface area (Å²) in [5.41, 5.74) is 2.97. The van der Waals surface area contributed by atoms with Crippen molar-refractivity contribution in [1.82, 2.24) is 14.6 Å². The lowest BCUT2D eigenvalue weighted by molar-refractivity contribution is -0.169. The van der Waals surface area contributed by atoms with Gasteiger partial charge < -0.3 is 24.0 Å². The van der Waals surface area contributed by atoms with Crippen LogP contribution in [-0.2, 0) is 33.9 Å². The largest absolute Gasteiger partial charge is 0.598 e. The third kappa shape index (κ3) is 5.07. The van der Waals surface area contributed by atoms with Crippen LogP contribution in [0.3, 0.4) is 0 Å². The summed E-state index contributed by atoms with van der Waals surface area (Å²) in [5, 5.41) is 9.39. The van der Waals surface area contributed by atoms with Crippen molar-refractivity contribution in [3.63, 3.8) is 0 Å². The number of pyridine rings is 1. The molecule has 2 saturated heterocycles. The fourth-order valence-corrected chi connectivity index (χ4v) is 5.91. The highest BCUT2D eigenvalue weighted by atomic mass is 32.2. The molecule has 1 spiro atoms. The molecule has 178 valence electrons. The average molecular weight is 466 g/mol. The zero-order valence-electron chi connectivity index (χ0n) is 19.3. The molecule has 1 aromatic rings. The van der Waals surface area contributed by atoms with E-state index in [0.717, 1.165) is 56.4 Å². The van der Waals surface area contributed by atoms with Gasteiger partial charge in [-0.25, -0.2) is 4.79 Å². The van der Waals surface area contributed by atoms with E-state index in [1.807, 2.05) is 27.0 Å². The Hall–Kier alpha value is -1.39. The number of hydrogen-bond donors (Lipinski definition) is 2. The molecule has 2 aliphatic heterocycles. The van der Waals surface area contributed by atoms with E-state index in [1.54, 1.807) is 0 Å². The standard InChI is InChI=1S/C23H35N3O5S/c1-22(2,3)32(29)25-20-18-14-24-17(15-31-19-6-4-5-11-30-19)12-16(18)13-23(20)7-9-26(10-8-23)21(27)28/h12,14,19-20,25H,4-11,13,15H2,1-3H3,(H,27,28)/t19?,20-,32?/m1/s1. The van der Waals surface area contributed by atoms with E-state index in [9.17, 15) is 14.5 Å². The first-order valence-corrected chi connectivity index (χ1v) is 12.7. The number of nitrogens with one attached hydrogen (secondary N) is 1. The number of carboxylic acid groups (broad SMARTS) is 1. The molecular formula is C23H35N3O5S. The Bertz CT molecular complexity index is 816. The molecule has 8 nitrogen and oxygen atoms in total. The SMILES string of the molecule is CC(C)(C)[S+]([O-])N[C@@H]1c2cnc(COC3CCCCO3)cc2CC12CCN(C(=O)O)CC2. The molecule has 3 aliphatic rings. The number of piperidine rings is 1.